The Kier molecular flexibility index (Phi) is 6.42. The molecule has 1 aromatic carbocycles. The van der Waals surface area contributed by atoms with Gasteiger partial charge in [0.2, 0.25) is 0 Å². The fourth-order valence-corrected chi connectivity index (χ4v) is 2.58. The molecule has 1 amide bonds. The van der Waals surface area contributed by atoms with E-state index in [9.17, 15) is 26.7 Å². The van der Waals surface area contributed by atoms with Gasteiger partial charge in [0.15, 0.2) is 5.82 Å². The Morgan fingerprint density at radius 2 is 1.87 bits per heavy atom. The third-order valence-electron chi connectivity index (χ3n) is 3.92. The van der Waals surface area contributed by atoms with Gasteiger partial charge in [-0.05, 0) is 31.2 Å². The molecule has 0 aliphatic heterocycles. The maximum Gasteiger partial charge on any atom is 0.416 e. The largest absolute Gasteiger partial charge is 0.488 e. The second kappa shape index (κ2) is 9.02. The highest BCUT2D eigenvalue weighted by Gasteiger charge is 2.32. The van der Waals surface area contributed by atoms with Gasteiger partial charge in [-0.15, -0.1) is 0 Å². The van der Waals surface area contributed by atoms with Crippen LogP contribution in [-0.2, 0) is 6.18 Å². The standard InChI is InChI=1S/C18H15F5N6O2/c1-10(15-26-9-27-29(15)17-24-3-2-4-25-17)28-16(30)11-5-12(18(21,22)23)7-13(6-11)31-8-14(19)20/h2-7,9-10,14H,8H2,1H3,(H,28,30). The number of carbonyl (C=O) groups excluding carboxylic acids is 1. The molecule has 3 aromatic rings. The molecule has 164 valence electrons. The minimum atomic E-state index is -4.81. The van der Waals surface area contributed by atoms with Crippen LogP contribution in [0.25, 0.3) is 5.95 Å². The molecule has 2 aromatic heterocycles. The van der Waals surface area contributed by atoms with Crippen molar-refractivity contribution in [2.45, 2.75) is 25.6 Å². The monoisotopic (exact) mass is 442 g/mol. The summed E-state index contributed by atoms with van der Waals surface area (Å²) in [6.07, 6.45) is -3.55. The van der Waals surface area contributed by atoms with E-state index < -0.39 is 48.0 Å². The second-order valence-corrected chi connectivity index (χ2v) is 6.22. The minimum absolute atomic E-state index is 0.179. The van der Waals surface area contributed by atoms with E-state index in [2.05, 4.69) is 30.1 Å². The molecule has 13 heteroatoms. The van der Waals surface area contributed by atoms with Crippen molar-refractivity contribution in [1.29, 1.82) is 0 Å². The Bertz CT molecular complexity index is 1040. The molecule has 1 unspecified atom stereocenters. The van der Waals surface area contributed by atoms with Crippen LogP contribution in [-0.4, -0.2) is 43.7 Å². The first-order chi connectivity index (χ1) is 14.6. The molecule has 0 radical (unpaired) electrons. The zero-order valence-electron chi connectivity index (χ0n) is 15.8. The van der Waals surface area contributed by atoms with Crippen LogP contribution < -0.4 is 10.1 Å². The van der Waals surface area contributed by atoms with Crippen molar-refractivity contribution < 1.29 is 31.5 Å². The van der Waals surface area contributed by atoms with E-state index in [-0.39, 0.29) is 11.8 Å². The minimum Gasteiger partial charge on any atom is -0.488 e. The van der Waals surface area contributed by atoms with Crippen LogP contribution in [0.2, 0.25) is 0 Å². The Hall–Kier alpha value is -3.64. The van der Waals surface area contributed by atoms with Gasteiger partial charge in [-0.3, -0.25) is 4.79 Å². The Labute approximate surface area is 172 Å². The SMILES string of the molecule is CC(NC(=O)c1cc(OCC(F)F)cc(C(F)(F)F)c1)c1ncnn1-c1ncccn1. The predicted molar refractivity (Wildman–Crippen MR) is 95.8 cm³/mol. The number of nitrogens with zero attached hydrogens (tertiary/aromatic N) is 5. The first-order valence-corrected chi connectivity index (χ1v) is 8.76. The maximum absolute atomic E-state index is 13.2. The van der Waals surface area contributed by atoms with Gasteiger partial charge >= 0.3 is 6.18 Å². The average molecular weight is 442 g/mol. The number of hydrogen-bond donors (Lipinski definition) is 1. The molecular weight excluding hydrogens is 427 g/mol. The van der Waals surface area contributed by atoms with Gasteiger partial charge in [-0.1, -0.05) is 0 Å². The van der Waals surface area contributed by atoms with Gasteiger partial charge < -0.3 is 10.1 Å². The van der Waals surface area contributed by atoms with Crippen LogP contribution in [0.3, 0.4) is 0 Å². The predicted octanol–water partition coefficient (Wildman–Crippen LogP) is 3.21. The summed E-state index contributed by atoms with van der Waals surface area (Å²) in [5, 5.41) is 6.47. The van der Waals surface area contributed by atoms with Crippen LogP contribution in [0.1, 0.15) is 34.7 Å². The number of aromatic nitrogens is 5. The highest BCUT2D eigenvalue weighted by molar-refractivity contribution is 5.95. The molecule has 0 saturated carbocycles. The summed E-state index contributed by atoms with van der Waals surface area (Å²) in [6.45, 7) is 0.419. The van der Waals surface area contributed by atoms with E-state index in [0.717, 1.165) is 6.07 Å². The van der Waals surface area contributed by atoms with Crippen LogP contribution >= 0.6 is 0 Å². The summed E-state index contributed by atoms with van der Waals surface area (Å²) in [7, 11) is 0. The fourth-order valence-electron chi connectivity index (χ4n) is 2.58. The van der Waals surface area contributed by atoms with E-state index >= 15 is 0 Å². The maximum atomic E-state index is 13.2. The number of rotatable bonds is 7. The molecule has 2 heterocycles. The highest BCUT2D eigenvalue weighted by Crippen LogP contribution is 2.33. The quantitative estimate of drug-likeness (QED) is 0.565. The van der Waals surface area contributed by atoms with Gasteiger partial charge in [-0.25, -0.2) is 23.7 Å². The smallest absolute Gasteiger partial charge is 0.416 e. The molecule has 0 saturated heterocycles. The normalized spacial score (nSPS) is 12.6. The first kappa shape index (κ1) is 22.1. The Morgan fingerprint density at radius 1 is 1.16 bits per heavy atom. The number of hydrogen-bond acceptors (Lipinski definition) is 6. The Balaban J connectivity index is 1.84. The van der Waals surface area contributed by atoms with Gasteiger partial charge in [0, 0.05) is 18.0 Å². The van der Waals surface area contributed by atoms with Gasteiger partial charge in [-0.2, -0.15) is 23.0 Å². The van der Waals surface area contributed by atoms with Crippen molar-refractivity contribution in [2.24, 2.45) is 0 Å². The van der Waals surface area contributed by atoms with Crippen molar-refractivity contribution in [2.75, 3.05) is 6.61 Å². The number of alkyl halides is 5. The van der Waals surface area contributed by atoms with Crippen molar-refractivity contribution in [3.05, 3.63) is 59.9 Å². The number of nitrogens with one attached hydrogen (secondary N) is 1. The van der Waals surface area contributed by atoms with E-state index in [4.69, 9.17) is 0 Å². The van der Waals surface area contributed by atoms with E-state index in [0.29, 0.717) is 12.1 Å². The topological polar surface area (TPSA) is 94.8 Å². The highest BCUT2D eigenvalue weighted by atomic mass is 19.4. The molecule has 31 heavy (non-hydrogen) atoms. The van der Waals surface area contributed by atoms with Crippen LogP contribution in [0, 0.1) is 0 Å². The number of ether oxygens (including phenoxy) is 1. The van der Waals surface area contributed by atoms with Crippen molar-refractivity contribution in [1.82, 2.24) is 30.0 Å². The summed E-state index contributed by atoms with van der Waals surface area (Å²) >= 11 is 0. The zero-order chi connectivity index (χ0) is 22.6. The second-order valence-electron chi connectivity index (χ2n) is 6.22. The molecule has 0 bridgehead atoms. The third-order valence-corrected chi connectivity index (χ3v) is 3.92. The molecule has 3 rings (SSSR count). The van der Waals surface area contributed by atoms with Crippen molar-refractivity contribution >= 4 is 5.91 Å². The third kappa shape index (κ3) is 5.49. The number of amides is 1. The van der Waals surface area contributed by atoms with Crippen LogP contribution in [0.4, 0.5) is 22.0 Å². The first-order valence-electron chi connectivity index (χ1n) is 8.76. The summed E-state index contributed by atoms with van der Waals surface area (Å²) in [6, 6.07) is 2.88. The van der Waals surface area contributed by atoms with Gasteiger partial charge in [0.05, 0.1) is 11.6 Å². The molecule has 0 aliphatic rings. The van der Waals surface area contributed by atoms with E-state index in [1.807, 2.05) is 0 Å². The molecule has 0 aliphatic carbocycles. The number of carbonyl (C=O) groups is 1. The molecule has 1 N–H and O–H groups in total. The molecule has 8 nitrogen and oxygen atoms in total. The molecule has 1 atom stereocenters. The number of halogens is 5. The molecular formula is C18H15F5N6O2. The zero-order valence-corrected chi connectivity index (χ0v) is 15.8. The Morgan fingerprint density at radius 3 is 2.52 bits per heavy atom. The van der Waals surface area contributed by atoms with Crippen molar-refractivity contribution in [3.8, 4) is 11.7 Å². The van der Waals surface area contributed by atoms with Crippen molar-refractivity contribution in [3.63, 3.8) is 0 Å². The van der Waals surface area contributed by atoms with Gasteiger partial charge in [0.1, 0.15) is 18.7 Å². The van der Waals surface area contributed by atoms with Crippen LogP contribution in [0.15, 0.2) is 43.0 Å². The summed E-state index contributed by atoms with van der Waals surface area (Å²) in [5.41, 5.74) is -1.63. The molecule has 0 spiro atoms. The lowest BCUT2D eigenvalue weighted by molar-refractivity contribution is -0.137. The lowest BCUT2D eigenvalue weighted by Gasteiger charge is -2.16. The fraction of sp³-hybridized carbons (Fsp3) is 0.278. The van der Waals surface area contributed by atoms with Gasteiger partial charge in [0.25, 0.3) is 18.3 Å². The summed E-state index contributed by atoms with van der Waals surface area (Å²) in [5.74, 6) is -1.00. The lowest BCUT2D eigenvalue weighted by atomic mass is 10.1. The lowest BCUT2D eigenvalue weighted by Crippen LogP contribution is -2.29. The van der Waals surface area contributed by atoms with E-state index in [1.165, 1.54) is 30.3 Å². The van der Waals surface area contributed by atoms with Crippen LogP contribution in [0.5, 0.6) is 5.75 Å². The average Bonchev–Trinajstić information content (AvgIpc) is 3.22. The summed E-state index contributed by atoms with van der Waals surface area (Å²) in [4.78, 5) is 24.7. The molecule has 0 fully saturated rings. The summed E-state index contributed by atoms with van der Waals surface area (Å²) < 4.78 is 70.2. The number of benzene rings is 1. The van der Waals surface area contributed by atoms with E-state index in [1.54, 1.807) is 6.07 Å².